The van der Waals surface area contributed by atoms with E-state index in [1.165, 1.54) is 6.07 Å². The molecule has 1 aromatic carbocycles. The van der Waals surface area contributed by atoms with Crippen LogP contribution >= 0.6 is 0 Å². The average molecular weight is 249 g/mol. The smallest absolute Gasteiger partial charge is 0.251 e. The SMILES string of the molecule is C=CCOC(C)CNC(=O)c1ccc(O)c(C)c1. The molecule has 4 nitrogen and oxygen atoms in total. The van der Waals surface area contributed by atoms with Gasteiger partial charge in [0.05, 0.1) is 12.7 Å². The van der Waals surface area contributed by atoms with Crippen LogP contribution in [0.1, 0.15) is 22.8 Å². The fourth-order valence-corrected chi connectivity index (χ4v) is 1.43. The van der Waals surface area contributed by atoms with Crippen molar-refractivity contribution < 1.29 is 14.6 Å². The van der Waals surface area contributed by atoms with Crippen molar-refractivity contribution in [2.24, 2.45) is 0 Å². The van der Waals surface area contributed by atoms with E-state index in [0.717, 1.165) is 0 Å². The summed E-state index contributed by atoms with van der Waals surface area (Å²) in [5, 5.41) is 12.2. The maximum absolute atomic E-state index is 11.8. The van der Waals surface area contributed by atoms with Crippen LogP contribution in [0.3, 0.4) is 0 Å². The monoisotopic (exact) mass is 249 g/mol. The fraction of sp³-hybridized carbons (Fsp3) is 0.357. The predicted molar refractivity (Wildman–Crippen MR) is 70.8 cm³/mol. The second-order valence-electron chi connectivity index (χ2n) is 4.14. The summed E-state index contributed by atoms with van der Waals surface area (Å²) in [5.74, 6) is 0.0152. The predicted octanol–water partition coefficient (Wildman–Crippen LogP) is 2.02. The van der Waals surface area contributed by atoms with Gasteiger partial charge in [0.1, 0.15) is 5.75 Å². The normalized spacial score (nSPS) is 11.9. The highest BCUT2D eigenvalue weighted by atomic mass is 16.5. The standard InChI is InChI=1S/C14H19NO3/c1-4-7-18-11(3)9-15-14(17)12-5-6-13(16)10(2)8-12/h4-6,8,11,16H,1,7,9H2,2-3H3,(H,15,17). The summed E-state index contributed by atoms with van der Waals surface area (Å²) >= 11 is 0. The van der Waals surface area contributed by atoms with Gasteiger partial charge in [-0.3, -0.25) is 4.79 Å². The van der Waals surface area contributed by atoms with Gasteiger partial charge >= 0.3 is 0 Å². The molecule has 0 spiro atoms. The van der Waals surface area contributed by atoms with Gasteiger partial charge in [0.15, 0.2) is 0 Å². The van der Waals surface area contributed by atoms with Crippen LogP contribution in [0.4, 0.5) is 0 Å². The molecule has 0 aliphatic carbocycles. The van der Waals surface area contributed by atoms with Gasteiger partial charge in [-0.1, -0.05) is 6.08 Å². The zero-order valence-corrected chi connectivity index (χ0v) is 10.8. The maximum atomic E-state index is 11.8. The number of rotatable bonds is 6. The summed E-state index contributed by atoms with van der Waals surface area (Å²) in [6.07, 6.45) is 1.60. The molecule has 2 N–H and O–H groups in total. The first-order valence-corrected chi connectivity index (χ1v) is 5.85. The van der Waals surface area contributed by atoms with E-state index in [2.05, 4.69) is 11.9 Å². The van der Waals surface area contributed by atoms with Crippen LogP contribution < -0.4 is 5.32 Å². The number of aromatic hydroxyl groups is 1. The maximum Gasteiger partial charge on any atom is 0.251 e. The second-order valence-corrected chi connectivity index (χ2v) is 4.14. The molecule has 0 saturated carbocycles. The van der Waals surface area contributed by atoms with Crippen LogP contribution in [-0.2, 0) is 4.74 Å². The molecule has 0 aromatic heterocycles. The highest BCUT2D eigenvalue weighted by molar-refractivity contribution is 5.94. The molecule has 1 unspecified atom stereocenters. The van der Waals surface area contributed by atoms with E-state index in [0.29, 0.717) is 24.3 Å². The molecular formula is C14H19NO3. The number of phenols is 1. The number of phenolic OH excluding ortho intramolecular Hbond substituents is 1. The zero-order chi connectivity index (χ0) is 13.5. The lowest BCUT2D eigenvalue weighted by Gasteiger charge is -2.13. The summed E-state index contributed by atoms with van der Waals surface area (Å²) in [6.45, 7) is 8.09. The molecule has 18 heavy (non-hydrogen) atoms. The van der Waals surface area contributed by atoms with Crippen molar-refractivity contribution >= 4 is 5.91 Å². The summed E-state index contributed by atoms with van der Waals surface area (Å²) in [6, 6.07) is 4.76. The van der Waals surface area contributed by atoms with Crippen molar-refractivity contribution in [2.45, 2.75) is 20.0 Å². The average Bonchev–Trinajstić information content (AvgIpc) is 2.36. The molecule has 0 fully saturated rings. The summed E-state index contributed by atoms with van der Waals surface area (Å²) < 4.78 is 5.35. The van der Waals surface area contributed by atoms with E-state index in [1.54, 1.807) is 25.1 Å². The van der Waals surface area contributed by atoms with Crippen LogP contribution in [-0.4, -0.2) is 30.3 Å². The van der Waals surface area contributed by atoms with Crippen molar-refractivity contribution in [3.8, 4) is 5.75 Å². The Morgan fingerprint density at radius 3 is 2.94 bits per heavy atom. The Morgan fingerprint density at radius 2 is 2.33 bits per heavy atom. The summed E-state index contributed by atoms with van der Waals surface area (Å²) in [5.41, 5.74) is 1.21. The van der Waals surface area contributed by atoms with Gasteiger partial charge in [-0.15, -0.1) is 6.58 Å². The van der Waals surface area contributed by atoms with Gasteiger partial charge < -0.3 is 15.2 Å². The van der Waals surface area contributed by atoms with Crippen molar-refractivity contribution in [3.63, 3.8) is 0 Å². The molecule has 0 radical (unpaired) electrons. The third-order valence-electron chi connectivity index (χ3n) is 2.51. The number of carbonyl (C=O) groups is 1. The number of benzene rings is 1. The number of ether oxygens (including phenoxy) is 1. The fourth-order valence-electron chi connectivity index (χ4n) is 1.43. The Bertz CT molecular complexity index is 429. The van der Waals surface area contributed by atoms with E-state index >= 15 is 0 Å². The molecule has 0 saturated heterocycles. The first kappa shape index (κ1) is 14.3. The lowest BCUT2D eigenvalue weighted by Crippen LogP contribution is -2.32. The molecular weight excluding hydrogens is 230 g/mol. The first-order valence-electron chi connectivity index (χ1n) is 5.85. The number of aryl methyl sites for hydroxylation is 1. The summed E-state index contributed by atoms with van der Waals surface area (Å²) in [7, 11) is 0. The van der Waals surface area contributed by atoms with Crippen molar-refractivity contribution in [1.29, 1.82) is 0 Å². The minimum absolute atomic E-state index is 0.0647. The van der Waals surface area contributed by atoms with Crippen LogP contribution in [0.25, 0.3) is 0 Å². The lowest BCUT2D eigenvalue weighted by atomic mass is 10.1. The van der Waals surface area contributed by atoms with Crippen molar-refractivity contribution in [1.82, 2.24) is 5.32 Å². The van der Waals surface area contributed by atoms with E-state index in [1.807, 2.05) is 6.92 Å². The van der Waals surface area contributed by atoms with E-state index < -0.39 is 0 Å². The lowest BCUT2D eigenvalue weighted by molar-refractivity contribution is 0.0769. The minimum Gasteiger partial charge on any atom is -0.508 e. The molecule has 1 amide bonds. The Hall–Kier alpha value is -1.81. The van der Waals surface area contributed by atoms with Gasteiger partial charge in [-0.2, -0.15) is 0 Å². The van der Waals surface area contributed by atoms with Gasteiger partial charge in [-0.05, 0) is 37.6 Å². The zero-order valence-electron chi connectivity index (χ0n) is 10.8. The van der Waals surface area contributed by atoms with Crippen LogP contribution in [0.2, 0.25) is 0 Å². The molecule has 1 atom stereocenters. The van der Waals surface area contributed by atoms with Crippen LogP contribution in [0, 0.1) is 6.92 Å². The Labute approximate surface area is 107 Å². The van der Waals surface area contributed by atoms with E-state index in [-0.39, 0.29) is 17.8 Å². The van der Waals surface area contributed by atoms with Gasteiger partial charge in [0.2, 0.25) is 0 Å². The molecule has 0 aliphatic rings. The molecule has 1 aromatic rings. The number of nitrogens with one attached hydrogen (secondary N) is 1. The number of carbonyl (C=O) groups excluding carboxylic acids is 1. The highest BCUT2D eigenvalue weighted by Crippen LogP contribution is 2.16. The quantitative estimate of drug-likeness (QED) is 0.758. The second kappa shape index (κ2) is 6.81. The highest BCUT2D eigenvalue weighted by Gasteiger charge is 2.09. The Morgan fingerprint density at radius 1 is 1.61 bits per heavy atom. The van der Waals surface area contributed by atoms with E-state index in [9.17, 15) is 9.90 Å². The molecule has 4 heteroatoms. The Balaban J connectivity index is 2.49. The number of hydrogen-bond acceptors (Lipinski definition) is 3. The van der Waals surface area contributed by atoms with Crippen LogP contribution in [0.5, 0.6) is 5.75 Å². The minimum atomic E-state index is -0.174. The van der Waals surface area contributed by atoms with Crippen molar-refractivity contribution in [2.75, 3.05) is 13.2 Å². The summed E-state index contributed by atoms with van der Waals surface area (Å²) in [4.78, 5) is 11.8. The van der Waals surface area contributed by atoms with Crippen LogP contribution in [0.15, 0.2) is 30.9 Å². The molecule has 0 aliphatic heterocycles. The molecule has 98 valence electrons. The molecule has 1 rings (SSSR count). The first-order chi connectivity index (χ1) is 8.54. The van der Waals surface area contributed by atoms with Crippen molar-refractivity contribution in [3.05, 3.63) is 42.0 Å². The largest absolute Gasteiger partial charge is 0.508 e. The van der Waals surface area contributed by atoms with Gasteiger partial charge in [-0.25, -0.2) is 0 Å². The topological polar surface area (TPSA) is 58.6 Å². The third-order valence-corrected chi connectivity index (χ3v) is 2.51. The molecule has 0 bridgehead atoms. The number of hydrogen-bond donors (Lipinski definition) is 2. The van der Waals surface area contributed by atoms with E-state index in [4.69, 9.17) is 4.74 Å². The van der Waals surface area contributed by atoms with Gasteiger partial charge in [0.25, 0.3) is 5.91 Å². The number of amides is 1. The third kappa shape index (κ3) is 4.22. The molecule has 0 heterocycles. The van der Waals surface area contributed by atoms with Gasteiger partial charge in [0, 0.05) is 12.1 Å². The Kier molecular flexibility index (Phi) is 5.39.